The van der Waals surface area contributed by atoms with Gasteiger partial charge in [-0.25, -0.2) is 0 Å². The molecule has 8 nitrogen and oxygen atoms in total. The van der Waals surface area contributed by atoms with Crippen LogP contribution in [0.2, 0.25) is 0 Å². The van der Waals surface area contributed by atoms with Gasteiger partial charge in [-0.1, -0.05) is 12.1 Å². The van der Waals surface area contributed by atoms with Crippen LogP contribution in [-0.4, -0.2) is 69.6 Å². The minimum absolute atomic E-state index is 0.0593. The van der Waals surface area contributed by atoms with Gasteiger partial charge in [0.05, 0.1) is 0 Å². The van der Waals surface area contributed by atoms with Crippen LogP contribution in [0.1, 0.15) is 22.3 Å². The van der Waals surface area contributed by atoms with E-state index in [4.69, 9.17) is 0 Å². The number of ether oxygens (including phenoxy) is 1. The van der Waals surface area contributed by atoms with E-state index in [-0.39, 0.29) is 23.5 Å². The van der Waals surface area contributed by atoms with Crippen molar-refractivity contribution < 1.29 is 27.5 Å². The van der Waals surface area contributed by atoms with Gasteiger partial charge in [0.2, 0.25) is 5.91 Å². The van der Waals surface area contributed by atoms with Crippen LogP contribution < -0.4 is 4.74 Å². The average Bonchev–Trinajstić information content (AvgIpc) is 3.48. The van der Waals surface area contributed by atoms with Crippen molar-refractivity contribution in [2.24, 2.45) is 11.8 Å². The zero-order valence-corrected chi connectivity index (χ0v) is 18.5. The summed E-state index contributed by atoms with van der Waals surface area (Å²) in [5, 5.41) is 10.6. The van der Waals surface area contributed by atoms with Crippen LogP contribution in [0.5, 0.6) is 5.75 Å². The monoisotopic (exact) mass is 485 g/mol. The third-order valence-corrected chi connectivity index (χ3v) is 6.50. The first-order valence-corrected chi connectivity index (χ1v) is 11.2. The number of carbonyl (C=O) groups is 2. The Morgan fingerprint density at radius 3 is 2.46 bits per heavy atom. The Balaban J connectivity index is 1.17. The molecule has 2 fully saturated rings. The minimum atomic E-state index is -4.75. The Labute approximate surface area is 198 Å². The molecule has 35 heavy (non-hydrogen) atoms. The summed E-state index contributed by atoms with van der Waals surface area (Å²) in [5.41, 5.74) is 2.48. The van der Waals surface area contributed by atoms with Gasteiger partial charge >= 0.3 is 6.36 Å². The van der Waals surface area contributed by atoms with Crippen LogP contribution in [-0.2, 0) is 4.79 Å². The van der Waals surface area contributed by atoms with E-state index in [2.05, 4.69) is 20.1 Å². The molecule has 0 aliphatic carbocycles. The zero-order chi connectivity index (χ0) is 24.6. The minimum Gasteiger partial charge on any atom is -0.406 e. The van der Waals surface area contributed by atoms with E-state index >= 15 is 0 Å². The molecule has 3 aromatic rings. The number of fused-ring (bicyclic) bond motifs is 2. The highest BCUT2D eigenvalue weighted by Crippen LogP contribution is 2.32. The van der Waals surface area contributed by atoms with Gasteiger partial charge in [0.1, 0.15) is 16.8 Å². The Hall–Kier alpha value is -3.89. The highest BCUT2D eigenvalue weighted by atomic mass is 19.4. The highest BCUT2D eigenvalue weighted by Gasteiger charge is 2.39. The standard InChI is InChI=1S/C24H22F3N5O3/c25-24(26,27)35-19-5-1-15(2-6-19)3-8-22(33)32-12-17-9-10-31(13-18(17)14-32)23(34)16-4-7-20-21(11-16)29-30-28-20/h1-8,11,17-18H,9-10,12-14H2,(H,28,29,30)/b8-3+/t17-,18+/m1/s1. The van der Waals surface area contributed by atoms with Crippen molar-refractivity contribution in [3.8, 4) is 5.75 Å². The highest BCUT2D eigenvalue weighted by molar-refractivity contribution is 5.97. The van der Waals surface area contributed by atoms with Gasteiger partial charge in [0, 0.05) is 37.8 Å². The molecule has 0 bridgehead atoms. The normalized spacial score (nSPS) is 20.4. The number of rotatable bonds is 4. The van der Waals surface area contributed by atoms with Crippen LogP contribution in [0, 0.1) is 11.8 Å². The molecule has 182 valence electrons. The third kappa shape index (κ3) is 5.13. The number of nitrogens with one attached hydrogen (secondary N) is 1. The van der Waals surface area contributed by atoms with E-state index in [0.29, 0.717) is 54.3 Å². The molecule has 2 aromatic carbocycles. The van der Waals surface area contributed by atoms with Gasteiger partial charge in [0.15, 0.2) is 0 Å². The predicted molar refractivity (Wildman–Crippen MR) is 120 cm³/mol. The molecule has 0 radical (unpaired) electrons. The fourth-order valence-corrected chi connectivity index (χ4v) is 4.74. The van der Waals surface area contributed by atoms with E-state index in [9.17, 15) is 22.8 Å². The Morgan fingerprint density at radius 2 is 1.69 bits per heavy atom. The molecule has 2 saturated heterocycles. The Morgan fingerprint density at radius 1 is 0.971 bits per heavy atom. The number of aromatic nitrogens is 3. The second-order valence-corrected chi connectivity index (χ2v) is 8.78. The first-order valence-electron chi connectivity index (χ1n) is 11.2. The van der Waals surface area contributed by atoms with Gasteiger partial charge in [-0.3, -0.25) is 9.59 Å². The van der Waals surface area contributed by atoms with Crippen molar-refractivity contribution in [3.63, 3.8) is 0 Å². The number of alkyl halides is 3. The van der Waals surface area contributed by atoms with Crippen molar-refractivity contribution in [2.75, 3.05) is 26.2 Å². The molecule has 0 unspecified atom stereocenters. The van der Waals surface area contributed by atoms with E-state index < -0.39 is 6.36 Å². The maximum atomic E-state index is 13.0. The largest absolute Gasteiger partial charge is 0.573 e. The fourth-order valence-electron chi connectivity index (χ4n) is 4.74. The topological polar surface area (TPSA) is 91.4 Å². The number of halogens is 3. The second-order valence-electron chi connectivity index (χ2n) is 8.78. The summed E-state index contributed by atoms with van der Waals surface area (Å²) in [6, 6.07) is 10.5. The molecule has 2 aliphatic rings. The molecule has 2 amide bonds. The first-order chi connectivity index (χ1) is 16.7. The van der Waals surface area contributed by atoms with Crippen LogP contribution in [0.15, 0.2) is 48.5 Å². The number of aromatic amines is 1. The number of nitrogens with zero attached hydrogens (tertiary/aromatic N) is 4. The molecule has 2 atom stereocenters. The van der Waals surface area contributed by atoms with E-state index in [1.807, 2.05) is 4.90 Å². The molecule has 0 spiro atoms. The molecule has 3 heterocycles. The molecular weight excluding hydrogens is 463 g/mol. The smallest absolute Gasteiger partial charge is 0.406 e. The van der Waals surface area contributed by atoms with Crippen LogP contribution >= 0.6 is 0 Å². The summed E-state index contributed by atoms with van der Waals surface area (Å²) in [5.74, 6) is -0.0159. The summed E-state index contributed by atoms with van der Waals surface area (Å²) in [4.78, 5) is 29.4. The number of piperidine rings is 1. The first kappa shape index (κ1) is 22.9. The molecular formula is C24H22F3N5O3. The van der Waals surface area contributed by atoms with Crippen LogP contribution in [0.4, 0.5) is 13.2 Å². The Bertz CT molecular complexity index is 1270. The third-order valence-electron chi connectivity index (χ3n) is 6.50. The van der Waals surface area contributed by atoms with E-state index in [1.165, 1.54) is 30.3 Å². The van der Waals surface area contributed by atoms with Gasteiger partial charge in [-0.2, -0.15) is 15.4 Å². The van der Waals surface area contributed by atoms with Crippen molar-refractivity contribution in [1.82, 2.24) is 25.2 Å². The number of hydrogen-bond donors (Lipinski definition) is 1. The summed E-state index contributed by atoms with van der Waals surface area (Å²) >= 11 is 0. The van der Waals surface area contributed by atoms with Crippen molar-refractivity contribution in [1.29, 1.82) is 0 Å². The average molecular weight is 485 g/mol. The molecule has 11 heteroatoms. The lowest BCUT2D eigenvalue weighted by Crippen LogP contribution is -2.43. The van der Waals surface area contributed by atoms with Gasteiger partial charge in [-0.15, -0.1) is 13.2 Å². The maximum absolute atomic E-state index is 13.0. The SMILES string of the molecule is O=C(/C=C/c1ccc(OC(F)(F)F)cc1)N1C[C@H]2CCN(C(=O)c3ccc4n[nH]nc4c3)C[C@H]2C1. The number of benzene rings is 2. The second kappa shape index (κ2) is 9.05. The summed E-state index contributed by atoms with van der Waals surface area (Å²) < 4.78 is 40.7. The van der Waals surface area contributed by atoms with E-state index in [1.54, 1.807) is 29.2 Å². The number of amides is 2. The molecule has 0 saturated carbocycles. The van der Waals surface area contributed by atoms with Gasteiger partial charge in [0.25, 0.3) is 5.91 Å². The summed E-state index contributed by atoms with van der Waals surface area (Å²) in [6.45, 7) is 2.38. The quantitative estimate of drug-likeness (QED) is 0.572. The zero-order valence-electron chi connectivity index (χ0n) is 18.5. The Kier molecular flexibility index (Phi) is 5.91. The van der Waals surface area contributed by atoms with E-state index in [0.717, 1.165) is 6.42 Å². The molecule has 5 rings (SSSR count). The molecule has 1 aromatic heterocycles. The van der Waals surface area contributed by atoms with Crippen molar-refractivity contribution >= 4 is 28.9 Å². The van der Waals surface area contributed by atoms with Gasteiger partial charge in [-0.05, 0) is 60.2 Å². The number of H-pyrrole nitrogens is 1. The number of carbonyl (C=O) groups excluding carboxylic acids is 2. The summed E-state index contributed by atoms with van der Waals surface area (Å²) in [7, 11) is 0. The van der Waals surface area contributed by atoms with Crippen LogP contribution in [0.3, 0.4) is 0 Å². The van der Waals surface area contributed by atoms with Gasteiger partial charge < -0.3 is 14.5 Å². The number of likely N-dealkylation sites (tertiary alicyclic amines) is 2. The lowest BCUT2D eigenvalue weighted by molar-refractivity contribution is -0.274. The lowest BCUT2D eigenvalue weighted by Gasteiger charge is -2.34. The lowest BCUT2D eigenvalue weighted by atomic mass is 9.88. The summed E-state index contributed by atoms with van der Waals surface area (Å²) in [6.07, 6.45) is -0.938. The maximum Gasteiger partial charge on any atom is 0.573 e. The predicted octanol–water partition coefficient (Wildman–Crippen LogP) is 3.49. The van der Waals surface area contributed by atoms with Crippen molar-refractivity contribution in [3.05, 3.63) is 59.7 Å². The molecule has 2 aliphatic heterocycles. The van der Waals surface area contributed by atoms with Crippen LogP contribution in [0.25, 0.3) is 17.1 Å². The fraction of sp³-hybridized carbons (Fsp3) is 0.333. The molecule has 1 N–H and O–H groups in total. The number of hydrogen-bond acceptors (Lipinski definition) is 5. The van der Waals surface area contributed by atoms with Crippen molar-refractivity contribution in [2.45, 2.75) is 12.8 Å².